The van der Waals surface area contributed by atoms with Gasteiger partial charge in [-0.25, -0.2) is 0 Å². The summed E-state index contributed by atoms with van der Waals surface area (Å²) in [6.07, 6.45) is 1.12. The fraction of sp³-hybridized carbons (Fsp3) is 0.500. The SMILES string of the molecule is CCC(N)CC(O)c1ccc(C)cc1. The second-order valence-corrected chi connectivity index (χ2v) is 3.83. The zero-order valence-electron chi connectivity index (χ0n) is 8.90. The normalized spacial score (nSPS) is 15.1. The predicted octanol–water partition coefficient (Wildman–Crippen LogP) is 2.16. The molecule has 78 valence electrons. The average molecular weight is 193 g/mol. The molecule has 0 amide bonds. The van der Waals surface area contributed by atoms with Crippen LogP contribution in [-0.2, 0) is 0 Å². The minimum absolute atomic E-state index is 0.0892. The van der Waals surface area contributed by atoms with Gasteiger partial charge in [0.05, 0.1) is 6.10 Å². The molecular weight excluding hydrogens is 174 g/mol. The Kier molecular flexibility index (Phi) is 4.11. The lowest BCUT2D eigenvalue weighted by molar-refractivity contribution is 0.157. The van der Waals surface area contributed by atoms with Crippen molar-refractivity contribution in [3.8, 4) is 0 Å². The van der Waals surface area contributed by atoms with Crippen molar-refractivity contribution in [2.75, 3.05) is 0 Å². The van der Waals surface area contributed by atoms with E-state index in [-0.39, 0.29) is 6.04 Å². The molecule has 1 aromatic carbocycles. The number of aryl methyl sites for hydroxylation is 1. The average Bonchev–Trinajstić information content (AvgIpc) is 2.18. The van der Waals surface area contributed by atoms with E-state index in [1.807, 2.05) is 38.1 Å². The molecule has 0 saturated carbocycles. The molecule has 2 unspecified atom stereocenters. The maximum atomic E-state index is 9.83. The summed E-state index contributed by atoms with van der Waals surface area (Å²) >= 11 is 0. The van der Waals surface area contributed by atoms with E-state index in [1.165, 1.54) is 5.56 Å². The van der Waals surface area contributed by atoms with Crippen molar-refractivity contribution >= 4 is 0 Å². The fourth-order valence-electron chi connectivity index (χ4n) is 1.38. The molecule has 0 radical (unpaired) electrons. The van der Waals surface area contributed by atoms with Gasteiger partial charge in [-0.1, -0.05) is 36.8 Å². The number of benzene rings is 1. The molecule has 2 nitrogen and oxygen atoms in total. The van der Waals surface area contributed by atoms with Crippen LogP contribution >= 0.6 is 0 Å². The van der Waals surface area contributed by atoms with Gasteiger partial charge in [0.25, 0.3) is 0 Å². The molecule has 0 aromatic heterocycles. The lowest BCUT2D eigenvalue weighted by Gasteiger charge is -2.15. The van der Waals surface area contributed by atoms with Gasteiger partial charge >= 0.3 is 0 Å². The van der Waals surface area contributed by atoms with Crippen LogP contribution in [0.4, 0.5) is 0 Å². The van der Waals surface area contributed by atoms with Crippen molar-refractivity contribution in [1.82, 2.24) is 0 Å². The molecule has 0 heterocycles. The maximum absolute atomic E-state index is 9.83. The summed E-state index contributed by atoms with van der Waals surface area (Å²) in [5.74, 6) is 0. The van der Waals surface area contributed by atoms with Crippen LogP contribution in [0.15, 0.2) is 24.3 Å². The number of aliphatic hydroxyl groups excluding tert-OH is 1. The van der Waals surface area contributed by atoms with Gasteiger partial charge in [0.1, 0.15) is 0 Å². The number of nitrogens with two attached hydrogens (primary N) is 1. The molecule has 2 heteroatoms. The highest BCUT2D eigenvalue weighted by atomic mass is 16.3. The van der Waals surface area contributed by atoms with Crippen molar-refractivity contribution in [3.05, 3.63) is 35.4 Å². The Labute approximate surface area is 85.8 Å². The van der Waals surface area contributed by atoms with Crippen LogP contribution in [0.5, 0.6) is 0 Å². The Morgan fingerprint density at radius 2 is 1.86 bits per heavy atom. The van der Waals surface area contributed by atoms with Gasteiger partial charge in [-0.05, 0) is 25.3 Å². The summed E-state index contributed by atoms with van der Waals surface area (Å²) in [7, 11) is 0. The van der Waals surface area contributed by atoms with Crippen LogP contribution in [-0.4, -0.2) is 11.1 Å². The highest BCUT2D eigenvalue weighted by Crippen LogP contribution is 2.18. The van der Waals surface area contributed by atoms with Crippen LogP contribution in [0.2, 0.25) is 0 Å². The lowest BCUT2D eigenvalue weighted by Crippen LogP contribution is -2.21. The zero-order chi connectivity index (χ0) is 10.6. The summed E-state index contributed by atoms with van der Waals surface area (Å²) in [5.41, 5.74) is 7.95. The van der Waals surface area contributed by atoms with Crippen LogP contribution in [0.3, 0.4) is 0 Å². The van der Waals surface area contributed by atoms with Gasteiger partial charge in [0.15, 0.2) is 0 Å². The Morgan fingerprint density at radius 3 is 2.36 bits per heavy atom. The highest BCUT2D eigenvalue weighted by molar-refractivity contribution is 5.23. The molecular formula is C12H19NO. The molecule has 0 aliphatic carbocycles. The molecule has 0 aliphatic rings. The maximum Gasteiger partial charge on any atom is 0.0804 e. The summed E-state index contributed by atoms with van der Waals surface area (Å²) in [6.45, 7) is 4.07. The van der Waals surface area contributed by atoms with Crippen LogP contribution < -0.4 is 5.73 Å². The van der Waals surface area contributed by atoms with Gasteiger partial charge in [0, 0.05) is 6.04 Å². The van der Waals surface area contributed by atoms with Crippen molar-refractivity contribution in [1.29, 1.82) is 0 Å². The third-order valence-electron chi connectivity index (χ3n) is 2.51. The Morgan fingerprint density at radius 1 is 1.29 bits per heavy atom. The molecule has 0 fully saturated rings. The lowest BCUT2D eigenvalue weighted by atomic mass is 10.0. The molecule has 2 atom stereocenters. The van der Waals surface area contributed by atoms with Gasteiger partial charge in [-0.2, -0.15) is 0 Å². The van der Waals surface area contributed by atoms with E-state index >= 15 is 0 Å². The summed E-state index contributed by atoms with van der Waals surface area (Å²) in [6, 6.07) is 8.03. The number of rotatable bonds is 4. The van der Waals surface area contributed by atoms with Crippen LogP contribution in [0.1, 0.15) is 37.0 Å². The second kappa shape index (κ2) is 5.13. The standard InChI is InChI=1S/C12H19NO/c1-3-11(13)8-12(14)10-6-4-9(2)5-7-10/h4-7,11-12,14H,3,8,13H2,1-2H3. The number of hydrogen-bond acceptors (Lipinski definition) is 2. The Bertz CT molecular complexity index is 268. The molecule has 1 aromatic rings. The highest BCUT2D eigenvalue weighted by Gasteiger charge is 2.10. The molecule has 1 rings (SSSR count). The Balaban J connectivity index is 2.60. The van der Waals surface area contributed by atoms with E-state index < -0.39 is 6.10 Å². The van der Waals surface area contributed by atoms with E-state index in [0.717, 1.165) is 12.0 Å². The largest absolute Gasteiger partial charge is 0.388 e. The quantitative estimate of drug-likeness (QED) is 0.769. The Hall–Kier alpha value is -0.860. The zero-order valence-corrected chi connectivity index (χ0v) is 8.90. The van der Waals surface area contributed by atoms with Crippen LogP contribution in [0.25, 0.3) is 0 Å². The second-order valence-electron chi connectivity index (χ2n) is 3.83. The van der Waals surface area contributed by atoms with E-state index in [9.17, 15) is 5.11 Å². The first-order chi connectivity index (χ1) is 6.63. The third kappa shape index (κ3) is 3.13. The van der Waals surface area contributed by atoms with Crippen molar-refractivity contribution in [3.63, 3.8) is 0 Å². The first-order valence-electron chi connectivity index (χ1n) is 5.13. The van der Waals surface area contributed by atoms with Crippen LogP contribution in [0, 0.1) is 6.92 Å². The molecule has 0 bridgehead atoms. The smallest absolute Gasteiger partial charge is 0.0804 e. The molecule has 3 N–H and O–H groups in total. The van der Waals surface area contributed by atoms with Gasteiger partial charge in [-0.3, -0.25) is 0 Å². The minimum atomic E-state index is -0.425. The topological polar surface area (TPSA) is 46.2 Å². The third-order valence-corrected chi connectivity index (χ3v) is 2.51. The molecule has 14 heavy (non-hydrogen) atoms. The van der Waals surface area contributed by atoms with Gasteiger partial charge in [0.2, 0.25) is 0 Å². The monoisotopic (exact) mass is 193 g/mol. The van der Waals surface area contributed by atoms with Crippen molar-refractivity contribution in [2.24, 2.45) is 5.73 Å². The molecule has 0 aliphatic heterocycles. The van der Waals surface area contributed by atoms with Crippen molar-refractivity contribution < 1.29 is 5.11 Å². The van der Waals surface area contributed by atoms with E-state index in [2.05, 4.69) is 0 Å². The molecule has 0 spiro atoms. The van der Waals surface area contributed by atoms with E-state index in [1.54, 1.807) is 0 Å². The first kappa shape index (κ1) is 11.2. The van der Waals surface area contributed by atoms with Gasteiger partial charge in [-0.15, -0.1) is 0 Å². The fourth-order valence-corrected chi connectivity index (χ4v) is 1.38. The number of aliphatic hydroxyl groups is 1. The van der Waals surface area contributed by atoms with E-state index in [4.69, 9.17) is 5.73 Å². The predicted molar refractivity (Wildman–Crippen MR) is 59.0 cm³/mol. The summed E-state index contributed by atoms with van der Waals surface area (Å²) in [4.78, 5) is 0. The first-order valence-corrected chi connectivity index (χ1v) is 5.13. The molecule has 0 saturated heterocycles. The van der Waals surface area contributed by atoms with Crippen molar-refractivity contribution in [2.45, 2.75) is 38.8 Å². The number of hydrogen-bond donors (Lipinski definition) is 2. The summed E-state index contributed by atoms with van der Waals surface area (Å²) < 4.78 is 0. The van der Waals surface area contributed by atoms with Gasteiger partial charge < -0.3 is 10.8 Å². The summed E-state index contributed by atoms with van der Waals surface area (Å²) in [5, 5.41) is 9.83. The minimum Gasteiger partial charge on any atom is -0.388 e. The van der Waals surface area contributed by atoms with E-state index in [0.29, 0.717) is 6.42 Å².